The minimum atomic E-state index is -0.190. The summed E-state index contributed by atoms with van der Waals surface area (Å²) in [6.07, 6.45) is 3.28. The molecule has 1 heterocycles. The quantitative estimate of drug-likeness (QED) is 0.689. The lowest BCUT2D eigenvalue weighted by Gasteiger charge is -2.13. The van der Waals surface area contributed by atoms with Crippen molar-refractivity contribution in [2.24, 2.45) is 0 Å². The van der Waals surface area contributed by atoms with Gasteiger partial charge in [0.05, 0.1) is 17.4 Å². The Kier molecular flexibility index (Phi) is 5.41. The number of benzene rings is 2. The fourth-order valence-corrected chi connectivity index (χ4v) is 2.79. The number of pyridine rings is 1. The van der Waals surface area contributed by atoms with Crippen LogP contribution < -0.4 is 15.5 Å². The fraction of sp³-hybridized carbons (Fsp3) is 0.182. The van der Waals surface area contributed by atoms with Gasteiger partial charge in [0, 0.05) is 37.4 Å². The average molecular weight is 360 g/mol. The third kappa shape index (κ3) is 4.64. The summed E-state index contributed by atoms with van der Waals surface area (Å²) in [6, 6.07) is 15.7. The third-order valence-electron chi connectivity index (χ3n) is 4.30. The summed E-state index contributed by atoms with van der Waals surface area (Å²) in [6.45, 7) is 4.12. The van der Waals surface area contributed by atoms with Crippen molar-refractivity contribution < 1.29 is 4.79 Å². The molecule has 0 spiro atoms. The molecular formula is C22H24N4O. The number of amides is 1. The van der Waals surface area contributed by atoms with Gasteiger partial charge in [-0.3, -0.25) is 9.78 Å². The zero-order valence-corrected chi connectivity index (χ0v) is 16.1. The van der Waals surface area contributed by atoms with Crippen molar-refractivity contribution in [1.82, 2.24) is 4.98 Å². The van der Waals surface area contributed by atoms with Crippen LogP contribution >= 0.6 is 0 Å². The summed E-state index contributed by atoms with van der Waals surface area (Å²) >= 11 is 0. The average Bonchev–Trinajstić information content (AvgIpc) is 2.65. The van der Waals surface area contributed by atoms with Crippen LogP contribution in [0.15, 0.2) is 60.9 Å². The van der Waals surface area contributed by atoms with E-state index in [1.54, 1.807) is 18.5 Å². The highest BCUT2D eigenvalue weighted by atomic mass is 16.1. The maximum absolute atomic E-state index is 12.6. The molecular weight excluding hydrogens is 336 g/mol. The predicted molar refractivity (Wildman–Crippen MR) is 112 cm³/mol. The molecule has 2 aromatic carbocycles. The highest BCUT2D eigenvalue weighted by Crippen LogP contribution is 2.22. The third-order valence-corrected chi connectivity index (χ3v) is 4.30. The van der Waals surface area contributed by atoms with E-state index in [0.29, 0.717) is 5.56 Å². The van der Waals surface area contributed by atoms with Crippen molar-refractivity contribution in [3.63, 3.8) is 0 Å². The first-order valence-electron chi connectivity index (χ1n) is 8.80. The van der Waals surface area contributed by atoms with E-state index in [1.165, 1.54) is 5.56 Å². The normalized spacial score (nSPS) is 10.4. The number of hydrogen-bond donors (Lipinski definition) is 2. The van der Waals surface area contributed by atoms with Crippen molar-refractivity contribution in [3.05, 3.63) is 77.6 Å². The van der Waals surface area contributed by atoms with E-state index < -0.39 is 0 Å². The number of nitrogens with one attached hydrogen (secondary N) is 2. The van der Waals surface area contributed by atoms with Crippen LogP contribution in [0.4, 0.5) is 22.7 Å². The Morgan fingerprint density at radius 2 is 1.67 bits per heavy atom. The van der Waals surface area contributed by atoms with Crippen LogP contribution in [0.2, 0.25) is 0 Å². The van der Waals surface area contributed by atoms with E-state index in [9.17, 15) is 4.79 Å². The monoisotopic (exact) mass is 360 g/mol. The van der Waals surface area contributed by atoms with Gasteiger partial charge in [-0.05, 0) is 55.8 Å². The van der Waals surface area contributed by atoms with Gasteiger partial charge in [0.25, 0.3) is 5.91 Å². The van der Waals surface area contributed by atoms with Gasteiger partial charge in [0.15, 0.2) is 0 Å². The summed E-state index contributed by atoms with van der Waals surface area (Å²) in [5, 5.41) is 6.24. The lowest BCUT2D eigenvalue weighted by Crippen LogP contribution is -2.13. The van der Waals surface area contributed by atoms with Crippen molar-refractivity contribution >= 4 is 28.7 Å². The number of aryl methyl sites for hydroxylation is 2. The molecule has 0 saturated carbocycles. The molecule has 5 heteroatoms. The Labute approximate surface area is 160 Å². The largest absolute Gasteiger partial charge is 0.378 e. The van der Waals surface area contributed by atoms with E-state index in [1.807, 2.05) is 49.3 Å². The Morgan fingerprint density at radius 3 is 2.33 bits per heavy atom. The second-order valence-electron chi connectivity index (χ2n) is 6.80. The first-order valence-corrected chi connectivity index (χ1v) is 8.80. The molecule has 0 aliphatic carbocycles. The summed E-state index contributed by atoms with van der Waals surface area (Å²) in [7, 11) is 3.96. The van der Waals surface area contributed by atoms with Gasteiger partial charge in [-0.25, -0.2) is 0 Å². The number of nitrogens with zero attached hydrogens (tertiary/aromatic N) is 2. The van der Waals surface area contributed by atoms with Crippen molar-refractivity contribution in [2.45, 2.75) is 13.8 Å². The maximum Gasteiger partial charge on any atom is 0.257 e. The van der Waals surface area contributed by atoms with Gasteiger partial charge in [0.1, 0.15) is 0 Å². The predicted octanol–water partition coefficient (Wildman–Crippen LogP) is 4.76. The van der Waals surface area contributed by atoms with Gasteiger partial charge >= 0.3 is 0 Å². The van der Waals surface area contributed by atoms with E-state index in [0.717, 1.165) is 28.3 Å². The maximum atomic E-state index is 12.6. The summed E-state index contributed by atoms with van der Waals surface area (Å²) in [4.78, 5) is 18.8. The van der Waals surface area contributed by atoms with E-state index >= 15 is 0 Å². The summed E-state index contributed by atoms with van der Waals surface area (Å²) < 4.78 is 0. The molecule has 3 rings (SSSR count). The second-order valence-corrected chi connectivity index (χ2v) is 6.80. The van der Waals surface area contributed by atoms with Gasteiger partial charge in [-0.15, -0.1) is 0 Å². The van der Waals surface area contributed by atoms with E-state index in [-0.39, 0.29) is 5.91 Å². The van der Waals surface area contributed by atoms with Crippen molar-refractivity contribution in [1.29, 1.82) is 0 Å². The number of rotatable bonds is 5. The van der Waals surface area contributed by atoms with Crippen molar-refractivity contribution in [2.75, 3.05) is 29.6 Å². The molecule has 138 valence electrons. The topological polar surface area (TPSA) is 57.3 Å². The molecule has 1 aromatic heterocycles. The molecule has 27 heavy (non-hydrogen) atoms. The molecule has 0 atom stereocenters. The minimum absolute atomic E-state index is 0.190. The summed E-state index contributed by atoms with van der Waals surface area (Å²) in [5.74, 6) is -0.190. The van der Waals surface area contributed by atoms with Crippen LogP contribution in [0.3, 0.4) is 0 Å². The number of anilines is 4. The van der Waals surface area contributed by atoms with Crippen LogP contribution in [-0.2, 0) is 0 Å². The first kappa shape index (κ1) is 18.5. The molecule has 0 unspecified atom stereocenters. The first-order chi connectivity index (χ1) is 12.9. The van der Waals surface area contributed by atoms with E-state index in [4.69, 9.17) is 0 Å². The number of carbonyl (C=O) groups is 1. The molecule has 0 bridgehead atoms. The molecule has 0 aliphatic heterocycles. The van der Waals surface area contributed by atoms with Crippen LogP contribution in [0.25, 0.3) is 0 Å². The van der Waals surface area contributed by atoms with Crippen LogP contribution in [0.1, 0.15) is 21.5 Å². The molecule has 0 radical (unpaired) electrons. The molecule has 5 nitrogen and oxygen atoms in total. The lowest BCUT2D eigenvalue weighted by atomic mass is 10.1. The Balaban J connectivity index is 1.73. The Bertz CT molecular complexity index is 949. The minimum Gasteiger partial charge on any atom is -0.378 e. The van der Waals surface area contributed by atoms with Crippen molar-refractivity contribution in [3.8, 4) is 0 Å². The summed E-state index contributed by atoms with van der Waals surface area (Å²) in [5.41, 5.74) is 6.46. The standard InChI is InChI=1S/C22H24N4O/c1-15-5-10-21(16(2)11-15)24-19-12-17(13-23-14-19)22(27)25-18-6-8-20(9-7-18)26(3)4/h5-14,24H,1-4H3,(H,25,27). The number of aromatic nitrogens is 1. The zero-order valence-electron chi connectivity index (χ0n) is 16.1. The van der Waals surface area contributed by atoms with Gasteiger partial charge in [-0.1, -0.05) is 17.7 Å². The zero-order chi connectivity index (χ0) is 19.4. The molecule has 0 saturated heterocycles. The molecule has 2 N–H and O–H groups in total. The smallest absolute Gasteiger partial charge is 0.257 e. The lowest BCUT2D eigenvalue weighted by molar-refractivity contribution is 0.102. The number of hydrogen-bond acceptors (Lipinski definition) is 4. The Morgan fingerprint density at radius 1 is 0.926 bits per heavy atom. The van der Waals surface area contributed by atoms with Crippen LogP contribution in [-0.4, -0.2) is 25.0 Å². The fourth-order valence-electron chi connectivity index (χ4n) is 2.79. The van der Waals surface area contributed by atoms with Gasteiger partial charge in [-0.2, -0.15) is 0 Å². The molecule has 0 aliphatic rings. The highest BCUT2D eigenvalue weighted by molar-refractivity contribution is 6.04. The van der Waals surface area contributed by atoms with E-state index in [2.05, 4.69) is 41.6 Å². The van der Waals surface area contributed by atoms with Crippen LogP contribution in [0.5, 0.6) is 0 Å². The van der Waals surface area contributed by atoms with Gasteiger partial charge in [0.2, 0.25) is 0 Å². The Hall–Kier alpha value is -3.34. The SMILES string of the molecule is Cc1ccc(Nc2cncc(C(=O)Nc3ccc(N(C)C)cc3)c2)c(C)c1. The van der Waals surface area contributed by atoms with Gasteiger partial charge < -0.3 is 15.5 Å². The number of carbonyl (C=O) groups excluding carboxylic acids is 1. The molecule has 3 aromatic rings. The molecule has 0 fully saturated rings. The van der Waals surface area contributed by atoms with Crippen LogP contribution in [0, 0.1) is 13.8 Å². The molecule has 1 amide bonds. The second kappa shape index (κ2) is 7.91. The highest BCUT2D eigenvalue weighted by Gasteiger charge is 2.09.